The quantitative estimate of drug-likeness (QED) is 0.903. The zero-order valence-corrected chi connectivity index (χ0v) is 14.0. The highest BCUT2D eigenvalue weighted by molar-refractivity contribution is 5.79. The van der Waals surface area contributed by atoms with Gasteiger partial charge in [0.15, 0.2) is 0 Å². The molecule has 2 aliphatic rings. The third-order valence-corrected chi connectivity index (χ3v) is 4.44. The third kappa shape index (κ3) is 4.24. The van der Waals surface area contributed by atoms with Crippen LogP contribution < -0.4 is 4.74 Å². The maximum atomic E-state index is 12.5. The van der Waals surface area contributed by atoms with Crippen molar-refractivity contribution in [2.24, 2.45) is 0 Å². The van der Waals surface area contributed by atoms with Gasteiger partial charge in [-0.15, -0.1) is 0 Å². The summed E-state index contributed by atoms with van der Waals surface area (Å²) in [6.07, 6.45) is 1.39. The molecule has 1 aromatic rings. The molecule has 0 radical (unpaired) electrons. The third-order valence-electron chi connectivity index (χ3n) is 4.44. The van der Waals surface area contributed by atoms with Crippen LogP contribution in [0.25, 0.3) is 0 Å². The number of hydrogen-bond acceptors (Lipinski definition) is 4. The highest BCUT2D eigenvalue weighted by Gasteiger charge is 2.25. The molecule has 1 amide bonds. The Kier molecular flexibility index (Phi) is 4.60. The molecule has 1 N–H and O–H groups in total. The average Bonchev–Trinajstić information content (AvgIpc) is 2.94. The van der Waals surface area contributed by atoms with E-state index in [-0.39, 0.29) is 5.91 Å². The molecule has 0 spiro atoms. The molecule has 5 nitrogen and oxygen atoms in total. The lowest BCUT2D eigenvalue weighted by atomic mass is 10.1. The van der Waals surface area contributed by atoms with E-state index in [1.54, 1.807) is 0 Å². The number of hydrogen-bond donors (Lipinski definition) is 1. The maximum absolute atomic E-state index is 12.5. The molecule has 2 aliphatic heterocycles. The van der Waals surface area contributed by atoms with Gasteiger partial charge in [-0.25, -0.2) is 0 Å². The predicted octanol–water partition coefficient (Wildman–Crippen LogP) is 1.08. The number of carbonyl (C=O) groups excluding carboxylic acids is 1. The van der Waals surface area contributed by atoms with Crippen molar-refractivity contribution in [3.05, 3.63) is 29.3 Å². The summed E-state index contributed by atoms with van der Waals surface area (Å²) >= 11 is 0. The summed E-state index contributed by atoms with van der Waals surface area (Å²) in [6, 6.07) is 6.07. The molecular formula is C18H26N2O3. The molecule has 0 aromatic heterocycles. The molecule has 1 fully saturated rings. The SMILES string of the molecule is CC(C)(O)CN1CCN(C(=O)Cc2ccc3c(c2)CCO3)CC1. The highest BCUT2D eigenvalue weighted by Crippen LogP contribution is 2.26. The molecule has 2 heterocycles. The van der Waals surface area contributed by atoms with Gasteiger partial charge in [0, 0.05) is 39.1 Å². The van der Waals surface area contributed by atoms with Gasteiger partial charge < -0.3 is 14.7 Å². The number of piperazine rings is 1. The zero-order valence-electron chi connectivity index (χ0n) is 14.0. The van der Waals surface area contributed by atoms with Gasteiger partial charge >= 0.3 is 0 Å². The van der Waals surface area contributed by atoms with Crippen LogP contribution in [0.2, 0.25) is 0 Å². The molecule has 0 atom stereocenters. The first kappa shape index (κ1) is 16.3. The van der Waals surface area contributed by atoms with E-state index in [4.69, 9.17) is 4.74 Å². The van der Waals surface area contributed by atoms with E-state index in [0.717, 1.165) is 50.5 Å². The van der Waals surface area contributed by atoms with Crippen molar-refractivity contribution in [3.8, 4) is 5.75 Å². The first-order valence-electron chi connectivity index (χ1n) is 8.38. The Morgan fingerprint density at radius 1 is 1.26 bits per heavy atom. The van der Waals surface area contributed by atoms with Gasteiger partial charge in [0.1, 0.15) is 5.75 Å². The summed E-state index contributed by atoms with van der Waals surface area (Å²) in [5.74, 6) is 1.15. The number of fused-ring (bicyclic) bond motifs is 1. The summed E-state index contributed by atoms with van der Waals surface area (Å²) in [4.78, 5) is 16.6. The van der Waals surface area contributed by atoms with Crippen LogP contribution in [0.5, 0.6) is 5.75 Å². The van der Waals surface area contributed by atoms with Crippen molar-refractivity contribution in [1.29, 1.82) is 0 Å². The molecule has 0 aliphatic carbocycles. The second-order valence-electron chi connectivity index (χ2n) is 7.19. The average molecular weight is 318 g/mol. The lowest BCUT2D eigenvalue weighted by Gasteiger charge is -2.37. The van der Waals surface area contributed by atoms with Gasteiger partial charge in [-0.3, -0.25) is 9.69 Å². The number of rotatable bonds is 4. The van der Waals surface area contributed by atoms with E-state index < -0.39 is 5.60 Å². The molecule has 1 aromatic carbocycles. The zero-order chi connectivity index (χ0) is 16.4. The fourth-order valence-corrected chi connectivity index (χ4v) is 3.34. The second kappa shape index (κ2) is 6.49. The van der Waals surface area contributed by atoms with Crippen molar-refractivity contribution >= 4 is 5.91 Å². The van der Waals surface area contributed by atoms with Crippen LogP contribution in [0.3, 0.4) is 0 Å². The van der Waals surface area contributed by atoms with E-state index >= 15 is 0 Å². The van der Waals surface area contributed by atoms with E-state index in [1.807, 2.05) is 30.9 Å². The molecule has 126 valence electrons. The van der Waals surface area contributed by atoms with Crippen LogP contribution in [0.4, 0.5) is 0 Å². The van der Waals surface area contributed by atoms with Crippen LogP contribution in [0, 0.1) is 0 Å². The molecule has 0 unspecified atom stereocenters. The summed E-state index contributed by atoms with van der Waals surface area (Å²) in [6.45, 7) is 8.17. The van der Waals surface area contributed by atoms with Crippen molar-refractivity contribution in [1.82, 2.24) is 9.80 Å². The Bertz CT molecular complexity index is 572. The summed E-state index contributed by atoms with van der Waals surface area (Å²) < 4.78 is 5.51. The fourth-order valence-electron chi connectivity index (χ4n) is 3.34. The summed E-state index contributed by atoms with van der Waals surface area (Å²) in [5, 5.41) is 9.88. The molecular weight excluding hydrogens is 292 g/mol. The number of amides is 1. The maximum Gasteiger partial charge on any atom is 0.227 e. The molecule has 0 saturated carbocycles. The van der Waals surface area contributed by atoms with Crippen LogP contribution in [-0.4, -0.2) is 65.7 Å². The van der Waals surface area contributed by atoms with Gasteiger partial charge in [0.25, 0.3) is 0 Å². The smallest absolute Gasteiger partial charge is 0.227 e. The monoisotopic (exact) mass is 318 g/mol. The van der Waals surface area contributed by atoms with Crippen molar-refractivity contribution in [2.75, 3.05) is 39.3 Å². The molecule has 23 heavy (non-hydrogen) atoms. The van der Waals surface area contributed by atoms with E-state index in [9.17, 15) is 9.90 Å². The van der Waals surface area contributed by atoms with Crippen molar-refractivity contribution in [2.45, 2.75) is 32.3 Å². The van der Waals surface area contributed by atoms with E-state index in [2.05, 4.69) is 11.0 Å². The largest absolute Gasteiger partial charge is 0.493 e. The lowest BCUT2D eigenvalue weighted by molar-refractivity contribution is -0.132. The Balaban J connectivity index is 1.52. The molecule has 5 heteroatoms. The highest BCUT2D eigenvalue weighted by atomic mass is 16.5. The molecule has 0 bridgehead atoms. The predicted molar refractivity (Wildman–Crippen MR) is 88.7 cm³/mol. The number of ether oxygens (including phenoxy) is 1. The summed E-state index contributed by atoms with van der Waals surface area (Å²) in [5.41, 5.74) is 1.60. The fraction of sp³-hybridized carbons (Fsp3) is 0.611. The Morgan fingerprint density at radius 3 is 2.70 bits per heavy atom. The first-order valence-corrected chi connectivity index (χ1v) is 8.38. The minimum atomic E-state index is -0.682. The van der Waals surface area contributed by atoms with Gasteiger partial charge in [-0.05, 0) is 31.0 Å². The second-order valence-corrected chi connectivity index (χ2v) is 7.19. The van der Waals surface area contributed by atoms with Gasteiger partial charge in [-0.1, -0.05) is 12.1 Å². The number of nitrogens with zero attached hydrogens (tertiary/aromatic N) is 2. The molecule has 1 saturated heterocycles. The van der Waals surface area contributed by atoms with Gasteiger partial charge in [-0.2, -0.15) is 0 Å². The normalized spacial score (nSPS) is 18.7. The number of carbonyl (C=O) groups is 1. The number of benzene rings is 1. The summed E-state index contributed by atoms with van der Waals surface area (Å²) in [7, 11) is 0. The van der Waals surface area contributed by atoms with Crippen LogP contribution >= 0.6 is 0 Å². The molecule has 3 rings (SSSR count). The van der Waals surface area contributed by atoms with Crippen LogP contribution in [0.15, 0.2) is 18.2 Å². The van der Waals surface area contributed by atoms with E-state index in [0.29, 0.717) is 13.0 Å². The minimum absolute atomic E-state index is 0.187. The number of β-amino-alcohol motifs (C(OH)–C–C–N with tert-alkyl or cyclic N) is 1. The van der Waals surface area contributed by atoms with Crippen LogP contribution in [-0.2, 0) is 17.6 Å². The number of aliphatic hydroxyl groups is 1. The minimum Gasteiger partial charge on any atom is -0.493 e. The van der Waals surface area contributed by atoms with Crippen molar-refractivity contribution in [3.63, 3.8) is 0 Å². The van der Waals surface area contributed by atoms with E-state index in [1.165, 1.54) is 5.56 Å². The topological polar surface area (TPSA) is 53.0 Å². The Morgan fingerprint density at radius 2 is 2.00 bits per heavy atom. The Labute approximate surface area is 137 Å². The van der Waals surface area contributed by atoms with Gasteiger partial charge in [0.05, 0.1) is 18.6 Å². The standard InChI is InChI=1S/C18H26N2O3/c1-18(2,22)13-19-6-8-20(9-7-19)17(21)12-14-3-4-16-15(11-14)5-10-23-16/h3-4,11,22H,5-10,12-13H2,1-2H3. The van der Waals surface area contributed by atoms with Gasteiger partial charge in [0.2, 0.25) is 5.91 Å². The van der Waals surface area contributed by atoms with Crippen molar-refractivity contribution < 1.29 is 14.6 Å². The van der Waals surface area contributed by atoms with Crippen LogP contribution in [0.1, 0.15) is 25.0 Å². The Hall–Kier alpha value is -1.59. The lowest BCUT2D eigenvalue weighted by Crippen LogP contribution is -2.52. The first-order chi connectivity index (χ1) is 10.9.